The first kappa shape index (κ1) is 21.4. The molecular weight excluding hydrogens is 429 g/mol. The quantitative estimate of drug-likeness (QED) is 0.565. The number of nitrogens with zero attached hydrogens (tertiary/aromatic N) is 6. The van der Waals surface area contributed by atoms with E-state index in [-0.39, 0.29) is 10.8 Å². The average Bonchev–Trinajstić information content (AvgIpc) is 3.12. The molecule has 3 rings (SSSR count). The molecule has 29 heavy (non-hydrogen) atoms. The minimum Gasteiger partial charge on any atom is -0.568 e. The van der Waals surface area contributed by atoms with Gasteiger partial charge in [0.15, 0.2) is 10.0 Å². The van der Waals surface area contributed by atoms with Crippen molar-refractivity contribution in [2.24, 2.45) is 16.1 Å². The van der Waals surface area contributed by atoms with Crippen LogP contribution in [0.4, 0.5) is 35.4 Å². The van der Waals surface area contributed by atoms with Crippen molar-refractivity contribution >= 4 is 43.6 Å². The lowest BCUT2D eigenvalue weighted by atomic mass is 9.99. The van der Waals surface area contributed by atoms with Crippen molar-refractivity contribution in [3.8, 4) is 0 Å². The Labute approximate surface area is 169 Å². The number of alkyl halides is 3. The Morgan fingerprint density at radius 3 is 2.69 bits per heavy atom. The predicted octanol–water partition coefficient (Wildman–Crippen LogP) is 5.22. The van der Waals surface area contributed by atoms with Crippen molar-refractivity contribution in [3.05, 3.63) is 27.9 Å². The van der Waals surface area contributed by atoms with Crippen LogP contribution in [-0.4, -0.2) is 37.2 Å². The Kier molecular flexibility index (Phi) is 6.08. The molecule has 0 N–H and O–H groups in total. The molecule has 0 unspecified atom stereocenters. The largest absolute Gasteiger partial charge is 0.568 e. The molecule has 1 aliphatic heterocycles. The van der Waals surface area contributed by atoms with E-state index in [0.717, 1.165) is 29.9 Å². The number of aromatic nitrogens is 2. The van der Waals surface area contributed by atoms with Crippen molar-refractivity contribution in [2.45, 2.75) is 32.2 Å². The number of fused-ring (bicyclic) bond motifs is 1. The van der Waals surface area contributed by atoms with Gasteiger partial charge < -0.3 is 9.62 Å². The number of aryl methyl sites for hydroxylation is 1. The van der Waals surface area contributed by atoms with Gasteiger partial charge in [0.25, 0.3) is 5.13 Å². The van der Waals surface area contributed by atoms with Crippen molar-refractivity contribution in [1.82, 2.24) is 10.2 Å². The van der Waals surface area contributed by atoms with Gasteiger partial charge in [-0.05, 0) is 30.4 Å². The number of azo groups is 1. The molecule has 13 heteroatoms. The first-order valence-corrected chi connectivity index (χ1v) is 11.0. The van der Waals surface area contributed by atoms with Crippen LogP contribution in [0.2, 0.25) is 0 Å². The third-order valence-electron chi connectivity index (χ3n) is 4.08. The molecule has 0 amide bonds. The van der Waals surface area contributed by atoms with E-state index in [1.807, 2.05) is 18.7 Å². The van der Waals surface area contributed by atoms with Crippen LogP contribution in [0.1, 0.15) is 25.8 Å². The Morgan fingerprint density at radius 1 is 1.31 bits per heavy atom. The first-order valence-electron chi connectivity index (χ1n) is 8.71. The van der Waals surface area contributed by atoms with Crippen LogP contribution in [0.25, 0.3) is 4.72 Å². The maximum atomic E-state index is 12.9. The average molecular weight is 447 g/mol. The summed E-state index contributed by atoms with van der Waals surface area (Å²) >= 11 is 1.08. The van der Waals surface area contributed by atoms with E-state index < -0.39 is 21.2 Å². The fourth-order valence-corrected chi connectivity index (χ4v) is 3.84. The van der Waals surface area contributed by atoms with Gasteiger partial charge >= 0.3 is 5.51 Å². The minimum atomic E-state index is -5.73. The molecular formula is C16H18F3N6O2S2-. The van der Waals surface area contributed by atoms with Gasteiger partial charge in [-0.2, -0.15) is 13.2 Å². The molecule has 1 aliphatic rings. The van der Waals surface area contributed by atoms with E-state index in [0.29, 0.717) is 24.6 Å². The van der Waals surface area contributed by atoms with Crippen molar-refractivity contribution in [1.29, 1.82) is 0 Å². The Hall–Kier alpha value is -2.28. The van der Waals surface area contributed by atoms with Gasteiger partial charge in [0, 0.05) is 18.8 Å². The second-order valence-corrected chi connectivity index (χ2v) is 9.25. The fraction of sp³-hybridized carbons (Fsp3) is 0.500. The number of sulfonamides is 1. The van der Waals surface area contributed by atoms with Crippen molar-refractivity contribution < 1.29 is 21.6 Å². The summed E-state index contributed by atoms with van der Waals surface area (Å²) < 4.78 is 64.9. The number of benzene rings is 1. The maximum Gasteiger partial charge on any atom is 0.483 e. The Bertz CT molecular complexity index is 991. The highest BCUT2D eigenvalue weighted by molar-refractivity contribution is 7.95. The molecule has 1 aromatic carbocycles. The highest BCUT2D eigenvalue weighted by atomic mass is 32.2. The zero-order valence-corrected chi connectivity index (χ0v) is 17.2. The van der Waals surface area contributed by atoms with E-state index in [9.17, 15) is 21.6 Å². The van der Waals surface area contributed by atoms with Crippen LogP contribution in [0, 0.1) is 5.92 Å². The molecule has 0 aliphatic carbocycles. The Balaban J connectivity index is 2.06. The van der Waals surface area contributed by atoms with Crippen LogP contribution < -0.4 is 4.90 Å². The van der Waals surface area contributed by atoms with Crippen LogP contribution in [0.3, 0.4) is 0 Å². The standard InChI is InChI=1S/C16H18F3N6O2S2/c1-10(2)8-25-5-3-4-11-6-12(21-23-15-22-20-9-28-15)13(7-14(11)25)24-29(26,27)16(17,18)19/h6-7,9-10H,3-5,8H2,1-2H3/q-1. The molecule has 2 heterocycles. The monoisotopic (exact) mass is 447 g/mol. The van der Waals surface area contributed by atoms with Crippen LogP contribution >= 0.6 is 11.3 Å². The van der Waals surface area contributed by atoms with Gasteiger partial charge in [-0.3, -0.25) is 0 Å². The lowest BCUT2D eigenvalue weighted by molar-refractivity contribution is -0.0425. The topological polar surface area (TPSA) is 102 Å². The van der Waals surface area contributed by atoms with Crippen LogP contribution in [-0.2, 0) is 16.4 Å². The highest BCUT2D eigenvalue weighted by Gasteiger charge is 2.39. The lowest BCUT2D eigenvalue weighted by Crippen LogP contribution is -2.32. The molecule has 2 aromatic rings. The summed E-state index contributed by atoms with van der Waals surface area (Å²) in [6, 6.07) is 2.88. The molecule has 0 atom stereocenters. The van der Waals surface area contributed by atoms with E-state index in [2.05, 4.69) is 25.1 Å². The second kappa shape index (κ2) is 8.22. The summed E-state index contributed by atoms with van der Waals surface area (Å²) in [5, 5.41) is 15.2. The number of hydrogen-bond donors (Lipinski definition) is 0. The summed E-state index contributed by atoms with van der Waals surface area (Å²) in [6.07, 6.45) is 1.56. The van der Waals surface area contributed by atoms with Crippen LogP contribution in [0.5, 0.6) is 0 Å². The summed E-state index contributed by atoms with van der Waals surface area (Å²) in [4.78, 5) is 2.02. The van der Waals surface area contributed by atoms with Gasteiger partial charge in [-0.25, -0.2) is 8.42 Å². The van der Waals surface area contributed by atoms with Gasteiger partial charge in [0.05, 0.1) is 5.69 Å². The smallest absolute Gasteiger partial charge is 0.483 e. The summed E-state index contributed by atoms with van der Waals surface area (Å²) in [5.74, 6) is 0.317. The van der Waals surface area contributed by atoms with Gasteiger partial charge in [-0.15, -0.1) is 20.4 Å². The van der Waals surface area contributed by atoms with Crippen molar-refractivity contribution in [3.63, 3.8) is 0 Å². The molecule has 8 nitrogen and oxygen atoms in total. The molecule has 0 radical (unpaired) electrons. The summed E-state index contributed by atoms with van der Waals surface area (Å²) in [7, 11) is -5.73. The fourth-order valence-electron chi connectivity index (χ4n) is 2.96. The third kappa shape index (κ3) is 5.01. The van der Waals surface area contributed by atoms with Gasteiger partial charge in [0.2, 0.25) is 0 Å². The Morgan fingerprint density at radius 2 is 2.07 bits per heavy atom. The SMILES string of the molecule is CC(C)CN1CCCc2cc(N=Nc3nncs3)c([N-]S(=O)(=O)C(F)(F)F)cc21. The molecule has 0 saturated heterocycles. The predicted molar refractivity (Wildman–Crippen MR) is 104 cm³/mol. The molecule has 1 aromatic heterocycles. The molecule has 0 saturated carbocycles. The number of halogens is 3. The first-order chi connectivity index (χ1) is 13.6. The van der Waals surface area contributed by atoms with E-state index >= 15 is 0 Å². The molecule has 158 valence electrons. The van der Waals surface area contributed by atoms with E-state index in [1.54, 1.807) is 0 Å². The maximum absolute atomic E-state index is 12.9. The second-order valence-electron chi connectivity index (χ2n) is 6.85. The van der Waals surface area contributed by atoms with Crippen molar-refractivity contribution in [2.75, 3.05) is 18.0 Å². The zero-order chi connectivity index (χ0) is 21.2. The highest BCUT2D eigenvalue weighted by Crippen LogP contribution is 2.44. The number of anilines is 1. The molecule has 0 bridgehead atoms. The minimum absolute atomic E-state index is 0.0711. The van der Waals surface area contributed by atoms with Gasteiger partial charge in [0.1, 0.15) is 5.51 Å². The van der Waals surface area contributed by atoms with Gasteiger partial charge in [-0.1, -0.05) is 36.9 Å². The molecule has 0 fully saturated rings. The zero-order valence-electron chi connectivity index (χ0n) is 15.6. The van der Waals surface area contributed by atoms with E-state index in [4.69, 9.17) is 0 Å². The summed E-state index contributed by atoms with van der Waals surface area (Å²) in [5.41, 5.74) is -3.05. The normalized spacial score (nSPS) is 15.2. The molecule has 0 spiro atoms. The summed E-state index contributed by atoms with van der Waals surface area (Å²) in [6.45, 7) is 5.46. The lowest BCUT2D eigenvalue weighted by Gasteiger charge is -2.35. The van der Waals surface area contributed by atoms with Crippen LogP contribution in [0.15, 0.2) is 27.9 Å². The van der Waals surface area contributed by atoms with E-state index in [1.165, 1.54) is 17.6 Å². The number of hydrogen-bond acceptors (Lipinski definition) is 8. The third-order valence-corrected chi connectivity index (χ3v) is 5.67. The number of rotatable bonds is 6.